The third-order valence-corrected chi connectivity index (χ3v) is 6.55. The number of nitrogens with one attached hydrogen (secondary N) is 1. The van der Waals surface area contributed by atoms with Gasteiger partial charge in [-0.2, -0.15) is 5.10 Å². The van der Waals surface area contributed by atoms with Gasteiger partial charge in [-0.1, -0.05) is 42.2 Å². The number of fused-ring (bicyclic) bond motifs is 2. The maximum absolute atomic E-state index is 13.5. The molecule has 0 fully saturated rings. The Kier molecular flexibility index (Phi) is 6.34. The molecule has 194 valence electrons. The highest BCUT2D eigenvalue weighted by atomic mass is 16.1. The van der Waals surface area contributed by atoms with Crippen LogP contribution in [-0.4, -0.2) is 35.6 Å². The molecule has 0 radical (unpaired) electrons. The molecule has 0 bridgehead atoms. The second kappa shape index (κ2) is 10.3. The van der Waals surface area contributed by atoms with Crippen LogP contribution in [0.4, 0.5) is 5.82 Å². The molecule has 6 aromatic rings. The predicted octanol–water partition coefficient (Wildman–Crippen LogP) is 4.45. The fourth-order valence-corrected chi connectivity index (χ4v) is 4.59. The molecule has 9 nitrogen and oxygen atoms in total. The van der Waals surface area contributed by atoms with Crippen molar-refractivity contribution < 1.29 is 4.79 Å². The maximum atomic E-state index is 13.5. The lowest BCUT2D eigenvalue weighted by molar-refractivity contribution is 0.0942. The molecule has 6 rings (SSSR count). The number of aromatic nitrogens is 6. The SMILES string of the molecule is C[C@H](NC(=O)c1c(N)ncc2cccnc12)c1cc2nccc(C#Cc3cnn(C)c3)c2nc1-c1ccccc1. The molecule has 5 heterocycles. The van der Waals surface area contributed by atoms with Gasteiger partial charge in [0.2, 0.25) is 0 Å². The average Bonchev–Trinajstić information content (AvgIpc) is 3.40. The highest BCUT2D eigenvalue weighted by Gasteiger charge is 2.22. The van der Waals surface area contributed by atoms with E-state index in [4.69, 9.17) is 10.7 Å². The van der Waals surface area contributed by atoms with E-state index >= 15 is 0 Å². The summed E-state index contributed by atoms with van der Waals surface area (Å²) in [6, 6.07) is 16.8. The molecule has 1 aromatic carbocycles. The summed E-state index contributed by atoms with van der Waals surface area (Å²) in [7, 11) is 1.85. The number of nitrogen functional groups attached to an aromatic ring is 1. The molecule has 0 aliphatic rings. The zero-order valence-corrected chi connectivity index (χ0v) is 21.8. The van der Waals surface area contributed by atoms with Crippen molar-refractivity contribution in [1.82, 2.24) is 35.0 Å². The van der Waals surface area contributed by atoms with Crippen LogP contribution in [-0.2, 0) is 7.05 Å². The summed E-state index contributed by atoms with van der Waals surface area (Å²) >= 11 is 0. The summed E-state index contributed by atoms with van der Waals surface area (Å²) < 4.78 is 1.71. The number of benzene rings is 1. The van der Waals surface area contributed by atoms with Crippen LogP contribution in [0.2, 0.25) is 0 Å². The Bertz CT molecular complexity index is 1950. The number of rotatable bonds is 4. The van der Waals surface area contributed by atoms with Crippen LogP contribution in [0.15, 0.2) is 85.6 Å². The molecule has 1 amide bonds. The zero-order chi connectivity index (χ0) is 27.6. The standard InChI is InChI=1S/C31H24N8O/c1-19(37-31(40)26-29-23(9-6-13-34-29)17-35-30(26)32)24-15-25-28(38-27(24)21-7-4-3-5-8-21)22(12-14-33-25)11-10-20-16-36-39(2)18-20/h3-9,12-19H,1-2H3,(H2,32,35)(H,37,40)/t19-/m0/s1. The van der Waals surface area contributed by atoms with Crippen molar-refractivity contribution in [1.29, 1.82) is 0 Å². The van der Waals surface area contributed by atoms with Crippen LogP contribution in [0, 0.1) is 11.8 Å². The lowest BCUT2D eigenvalue weighted by Gasteiger charge is -2.19. The maximum Gasteiger partial charge on any atom is 0.257 e. The number of hydrogen-bond acceptors (Lipinski definition) is 7. The van der Waals surface area contributed by atoms with Gasteiger partial charge in [0.25, 0.3) is 5.91 Å². The van der Waals surface area contributed by atoms with Gasteiger partial charge in [-0.15, -0.1) is 0 Å². The van der Waals surface area contributed by atoms with Crippen molar-refractivity contribution in [2.45, 2.75) is 13.0 Å². The van der Waals surface area contributed by atoms with E-state index in [1.165, 1.54) is 0 Å². The Labute approximate surface area is 230 Å². The smallest absolute Gasteiger partial charge is 0.257 e. The minimum Gasteiger partial charge on any atom is -0.383 e. The van der Waals surface area contributed by atoms with E-state index in [0.717, 1.165) is 33.3 Å². The van der Waals surface area contributed by atoms with E-state index in [9.17, 15) is 4.79 Å². The fourth-order valence-electron chi connectivity index (χ4n) is 4.59. The highest BCUT2D eigenvalue weighted by molar-refractivity contribution is 6.09. The molecule has 0 spiro atoms. The molecular weight excluding hydrogens is 500 g/mol. The van der Waals surface area contributed by atoms with Crippen LogP contribution in [0.3, 0.4) is 0 Å². The summed E-state index contributed by atoms with van der Waals surface area (Å²) in [6.45, 7) is 1.90. The normalized spacial score (nSPS) is 11.7. The van der Waals surface area contributed by atoms with Crippen molar-refractivity contribution in [2.24, 2.45) is 7.05 Å². The minimum absolute atomic E-state index is 0.120. The molecule has 0 aliphatic heterocycles. The molecule has 0 aliphatic carbocycles. The third-order valence-electron chi connectivity index (χ3n) is 6.55. The molecule has 0 saturated heterocycles. The molecule has 1 atom stereocenters. The largest absolute Gasteiger partial charge is 0.383 e. The van der Waals surface area contributed by atoms with Gasteiger partial charge in [-0.25, -0.2) is 9.97 Å². The number of anilines is 1. The van der Waals surface area contributed by atoms with Gasteiger partial charge in [0.15, 0.2) is 0 Å². The van der Waals surface area contributed by atoms with Crippen LogP contribution in [0.5, 0.6) is 0 Å². The van der Waals surface area contributed by atoms with Gasteiger partial charge in [0.1, 0.15) is 16.9 Å². The summed E-state index contributed by atoms with van der Waals surface area (Å²) in [5, 5.41) is 7.99. The van der Waals surface area contributed by atoms with E-state index < -0.39 is 6.04 Å². The number of carbonyl (C=O) groups excluding carboxylic acids is 1. The van der Waals surface area contributed by atoms with Crippen LogP contribution in [0.25, 0.3) is 33.2 Å². The number of aryl methyl sites for hydroxylation is 1. The van der Waals surface area contributed by atoms with Gasteiger partial charge in [-0.05, 0) is 31.2 Å². The van der Waals surface area contributed by atoms with Gasteiger partial charge >= 0.3 is 0 Å². The van der Waals surface area contributed by atoms with Gasteiger partial charge in [0.05, 0.1) is 40.1 Å². The Morgan fingerprint density at radius 2 is 1.82 bits per heavy atom. The van der Waals surface area contributed by atoms with Gasteiger partial charge in [-0.3, -0.25) is 19.4 Å². The Morgan fingerprint density at radius 1 is 0.975 bits per heavy atom. The average molecular weight is 525 g/mol. The van der Waals surface area contributed by atoms with Crippen LogP contribution >= 0.6 is 0 Å². The van der Waals surface area contributed by atoms with E-state index in [-0.39, 0.29) is 17.3 Å². The van der Waals surface area contributed by atoms with E-state index in [1.807, 2.05) is 68.7 Å². The van der Waals surface area contributed by atoms with Crippen molar-refractivity contribution >= 4 is 33.7 Å². The number of amides is 1. The summed E-state index contributed by atoms with van der Waals surface area (Å²) in [5.74, 6) is 6.12. The second-order valence-corrected chi connectivity index (χ2v) is 9.33. The first-order valence-electron chi connectivity index (χ1n) is 12.6. The highest BCUT2D eigenvalue weighted by Crippen LogP contribution is 2.31. The topological polar surface area (TPSA) is 125 Å². The lowest BCUT2D eigenvalue weighted by atomic mass is 9.98. The lowest BCUT2D eigenvalue weighted by Crippen LogP contribution is -2.28. The molecule has 3 N–H and O–H groups in total. The van der Waals surface area contributed by atoms with Crippen LogP contribution in [0.1, 0.15) is 40.0 Å². The third kappa shape index (κ3) is 4.70. The Hall–Kier alpha value is -5.62. The molecule has 9 heteroatoms. The number of pyridine rings is 4. The van der Waals surface area contributed by atoms with Crippen molar-refractivity contribution in [2.75, 3.05) is 5.73 Å². The van der Waals surface area contributed by atoms with E-state index in [1.54, 1.807) is 35.5 Å². The molecule has 0 unspecified atom stereocenters. The van der Waals surface area contributed by atoms with Gasteiger partial charge in [0, 0.05) is 48.3 Å². The monoisotopic (exact) mass is 524 g/mol. The molecule has 40 heavy (non-hydrogen) atoms. The second-order valence-electron chi connectivity index (χ2n) is 9.33. The first-order chi connectivity index (χ1) is 19.5. The predicted molar refractivity (Wildman–Crippen MR) is 154 cm³/mol. The van der Waals surface area contributed by atoms with E-state index in [2.05, 4.69) is 37.2 Å². The Balaban J connectivity index is 1.44. The molecular formula is C31H24N8O. The fraction of sp³-hybridized carbons (Fsp3) is 0.0968. The van der Waals surface area contributed by atoms with Crippen LogP contribution < -0.4 is 11.1 Å². The summed E-state index contributed by atoms with van der Waals surface area (Å²) in [4.78, 5) is 31.7. The number of nitrogens with zero attached hydrogens (tertiary/aromatic N) is 6. The summed E-state index contributed by atoms with van der Waals surface area (Å²) in [5.41, 5.74) is 12.2. The van der Waals surface area contributed by atoms with Crippen molar-refractivity contribution in [3.05, 3.63) is 108 Å². The first-order valence-corrected chi connectivity index (χ1v) is 12.6. The molecule has 5 aromatic heterocycles. The summed E-state index contributed by atoms with van der Waals surface area (Å²) in [6.07, 6.45) is 8.52. The number of hydrogen-bond donors (Lipinski definition) is 2. The molecule has 0 saturated carbocycles. The Morgan fingerprint density at radius 3 is 2.62 bits per heavy atom. The zero-order valence-electron chi connectivity index (χ0n) is 21.8. The van der Waals surface area contributed by atoms with E-state index in [0.29, 0.717) is 16.6 Å². The number of carbonyl (C=O) groups is 1. The number of nitrogens with two attached hydrogens (primary N) is 1. The first kappa shape index (κ1) is 24.7. The van der Waals surface area contributed by atoms with Crippen molar-refractivity contribution in [3.8, 4) is 23.1 Å². The van der Waals surface area contributed by atoms with Gasteiger partial charge < -0.3 is 11.1 Å². The van der Waals surface area contributed by atoms with Crippen molar-refractivity contribution in [3.63, 3.8) is 0 Å². The quantitative estimate of drug-likeness (QED) is 0.327. The minimum atomic E-state index is -0.440.